The fourth-order valence-electron chi connectivity index (χ4n) is 3.40. The lowest BCUT2D eigenvalue weighted by Crippen LogP contribution is -2.40. The third-order valence-corrected chi connectivity index (χ3v) is 5.88. The van der Waals surface area contributed by atoms with Crippen molar-refractivity contribution in [3.05, 3.63) is 61.9 Å². The van der Waals surface area contributed by atoms with E-state index in [1.54, 1.807) is 13.8 Å². The van der Waals surface area contributed by atoms with Gasteiger partial charge < -0.3 is 15.2 Å². The smallest absolute Gasteiger partial charge is 0.338 e. The molecule has 1 aromatic rings. The highest BCUT2D eigenvalue weighted by Crippen LogP contribution is 2.50. The molecule has 2 unspecified atom stereocenters. The van der Waals surface area contributed by atoms with E-state index in [1.807, 2.05) is 0 Å². The van der Waals surface area contributed by atoms with Crippen LogP contribution in [-0.2, 0) is 23.9 Å². The van der Waals surface area contributed by atoms with Gasteiger partial charge in [-0.15, -0.1) is 0 Å². The van der Waals surface area contributed by atoms with E-state index in [9.17, 15) is 24.5 Å². The predicted octanol–water partition coefficient (Wildman–Crippen LogP) is 1.77. The molecule has 2 heterocycles. The van der Waals surface area contributed by atoms with E-state index in [0.717, 1.165) is 16.7 Å². The third kappa shape index (κ3) is 3.41. The maximum Gasteiger partial charge on any atom is 0.338 e. The number of carbonyl (C=O) groups excluding carboxylic acids is 3. The van der Waals surface area contributed by atoms with Crippen LogP contribution < -0.4 is 5.73 Å². The number of nitrogens with zero attached hydrogens (tertiary/aromatic N) is 2. The minimum Gasteiger partial charge on any atom is -0.466 e. The number of esters is 2. The van der Waals surface area contributed by atoms with Crippen LogP contribution in [0.15, 0.2) is 46.3 Å². The zero-order chi connectivity index (χ0) is 22.2. The summed E-state index contributed by atoms with van der Waals surface area (Å²) in [6.07, 6.45) is 0. The van der Waals surface area contributed by atoms with E-state index >= 15 is 0 Å². The van der Waals surface area contributed by atoms with Gasteiger partial charge in [-0.1, -0.05) is 23.9 Å². The average molecular weight is 433 g/mol. The average Bonchev–Trinajstić information content (AvgIpc) is 3.02. The van der Waals surface area contributed by atoms with Crippen molar-refractivity contribution in [3.63, 3.8) is 0 Å². The molecule has 10 nitrogen and oxygen atoms in total. The Morgan fingerprint density at radius 1 is 1.30 bits per heavy atom. The number of non-ortho nitro benzene ring substituents is 1. The van der Waals surface area contributed by atoms with Gasteiger partial charge in [-0.05, 0) is 19.4 Å². The number of nitro groups is 1. The van der Waals surface area contributed by atoms with Crippen LogP contribution >= 0.6 is 11.8 Å². The van der Waals surface area contributed by atoms with Gasteiger partial charge in [-0.3, -0.25) is 19.8 Å². The lowest BCUT2D eigenvalue weighted by Gasteiger charge is -2.32. The Kier molecular flexibility index (Phi) is 5.83. The standard InChI is InChI=1S/C19H19N3O7S/c1-4-29-19(25)13-12(10-6-5-7-11(8-10)22(26)27)14(18(24)28-3)17-21(15(13)20)16(23)9(2)30-17/h5-9,12H,4,20H2,1-3H3. The second kappa shape index (κ2) is 8.19. The highest BCUT2D eigenvalue weighted by Gasteiger charge is 2.49. The molecule has 2 atom stereocenters. The normalized spacial score (nSPS) is 20.9. The molecule has 0 aromatic heterocycles. The van der Waals surface area contributed by atoms with Crippen molar-refractivity contribution in [1.29, 1.82) is 0 Å². The fraction of sp³-hybridized carbons (Fsp3) is 0.316. The first-order valence-electron chi connectivity index (χ1n) is 8.97. The molecule has 1 fully saturated rings. The Hall–Kier alpha value is -3.34. The zero-order valence-corrected chi connectivity index (χ0v) is 17.2. The van der Waals surface area contributed by atoms with Crippen LogP contribution in [0.1, 0.15) is 25.3 Å². The number of ether oxygens (including phenoxy) is 2. The second-order valence-electron chi connectivity index (χ2n) is 6.45. The number of fused-ring (bicyclic) bond motifs is 1. The number of hydrogen-bond acceptors (Lipinski definition) is 9. The van der Waals surface area contributed by atoms with Crippen molar-refractivity contribution >= 4 is 35.3 Å². The second-order valence-corrected chi connectivity index (χ2v) is 7.78. The van der Waals surface area contributed by atoms with Crippen LogP contribution in [0.4, 0.5) is 5.69 Å². The quantitative estimate of drug-likeness (QED) is 0.417. The highest BCUT2D eigenvalue weighted by atomic mass is 32.2. The molecular weight excluding hydrogens is 414 g/mol. The SMILES string of the molecule is CCOC(=O)C1=C(N)N2C(=O)C(C)SC2=C(C(=O)OC)C1c1cccc([N+](=O)[O-])c1. The summed E-state index contributed by atoms with van der Waals surface area (Å²) >= 11 is 1.10. The summed E-state index contributed by atoms with van der Waals surface area (Å²) in [6.45, 7) is 3.27. The van der Waals surface area contributed by atoms with Crippen molar-refractivity contribution < 1.29 is 28.8 Å². The van der Waals surface area contributed by atoms with Crippen molar-refractivity contribution in [2.24, 2.45) is 5.73 Å². The number of hydrogen-bond donors (Lipinski definition) is 1. The molecule has 3 rings (SSSR count). The van der Waals surface area contributed by atoms with Gasteiger partial charge in [-0.25, -0.2) is 9.59 Å². The largest absolute Gasteiger partial charge is 0.466 e. The maximum absolute atomic E-state index is 12.8. The van der Waals surface area contributed by atoms with Gasteiger partial charge in [0.2, 0.25) is 5.91 Å². The van der Waals surface area contributed by atoms with Crippen molar-refractivity contribution in [2.75, 3.05) is 13.7 Å². The number of nitrogens with two attached hydrogens (primary N) is 1. The monoisotopic (exact) mass is 433 g/mol. The summed E-state index contributed by atoms with van der Waals surface area (Å²) in [5.74, 6) is -3.28. The minimum absolute atomic E-state index is 0.00190. The summed E-state index contributed by atoms with van der Waals surface area (Å²) < 4.78 is 10.0. The minimum atomic E-state index is -1.10. The molecular formula is C19H19N3O7S. The summed E-state index contributed by atoms with van der Waals surface area (Å²) in [5.41, 5.74) is 6.12. The Bertz CT molecular complexity index is 1020. The fourth-order valence-corrected chi connectivity index (χ4v) is 4.56. The first kappa shape index (κ1) is 21.4. The van der Waals surface area contributed by atoms with E-state index in [4.69, 9.17) is 15.2 Å². The topological polar surface area (TPSA) is 142 Å². The number of methoxy groups -OCH3 is 1. The molecule has 0 saturated carbocycles. The lowest BCUT2D eigenvalue weighted by molar-refractivity contribution is -0.384. The third-order valence-electron chi connectivity index (χ3n) is 4.70. The molecule has 30 heavy (non-hydrogen) atoms. The van der Waals surface area contributed by atoms with Gasteiger partial charge in [-0.2, -0.15) is 0 Å². The Morgan fingerprint density at radius 3 is 2.60 bits per heavy atom. The van der Waals surface area contributed by atoms with Crippen molar-refractivity contribution in [3.8, 4) is 0 Å². The molecule has 0 spiro atoms. The van der Waals surface area contributed by atoms with Gasteiger partial charge in [0.1, 0.15) is 5.82 Å². The van der Waals surface area contributed by atoms with Crippen molar-refractivity contribution in [2.45, 2.75) is 25.0 Å². The molecule has 11 heteroatoms. The van der Waals surface area contributed by atoms with Crippen LogP contribution in [0, 0.1) is 10.1 Å². The first-order chi connectivity index (χ1) is 14.2. The van der Waals surface area contributed by atoms with Crippen LogP contribution in [-0.4, -0.2) is 46.6 Å². The molecule has 2 aliphatic heterocycles. The molecule has 158 valence electrons. The van der Waals surface area contributed by atoms with Crippen LogP contribution in [0.3, 0.4) is 0 Å². The molecule has 2 aliphatic rings. The van der Waals surface area contributed by atoms with Crippen LogP contribution in [0.25, 0.3) is 0 Å². The number of nitro benzene ring substituents is 1. The number of amides is 1. The number of benzene rings is 1. The van der Waals surface area contributed by atoms with E-state index in [-0.39, 0.29) is 39.9 Å². The summed E-state index contributed by atoms with van der Waals surface area (Å²) in [7, 11) is 1.17. The summed E-state index contributed by atoms with van der Waals surface area (Å²) in [6, 6.07) is 5.51. The Labute approximate surface area is 175 Å². The Morgan fingerprint density at radius 2 is 2.00 bits per heavy atom. The van der Waals surface area contributed by atoms with E-state index in [1.165, 1.54) is 31.4 Å². The molecule has 0 aliphatic carbocycles. The lowest BCUT2D eigenvalue weighted by atomic mass is 9.82. The maximum atomic E-state index is 12.8. The molecule has 0 bridgehead atoms. The summed E-state index contributed by atoms with van der Waals surface area (Å²) in [4.78, 5) is 50.1. The van der Waals surface area contributed by atoms with Gasteiger partial charge in [0.05, 0.1) is 46.0 Å². The van der Waals surface area contributed by atoms with E-state index < -0.39 is 33.9 Å². The molecule has 1 saturated heterocycles. The first-order valence-corrected chi connectivity index (χ1v) is 9.85. The molecule has 1 amide bonds. The summed E-state index contributed by atoms with van der Waals surface area (Å²) in [5, 5.41) is 11.0. The van der Waals surface area contributed by atoms with Gasteiger partial charge >= 0.3 is 11.9 Å². The molecule has 2 N–H and O–H groups in total. The predicted molar refractivity (Wildman–Crippen MR) is 107 cm³/mol. The van der Waals surface area contributed by atoms with Crippen LogP contribution in [0.2, 0.25) is 0 Å². The van der Waals surface area contributed by atoms with Gasteiger partial charge in [0, 0.05) is 12.1 Å². The number of rotatable bonds is 5. The van der Waals surface area contributed by atoms with Gasteiger partial charge in [0.15, 0.2) is 0 Å². The van der Waals surface area contributed by atoms with E-state index in [2.05, 4.69) is 0 Å². The molecule has 1 aromatic carbocycles. The number of thioether (sulfide) groups is 1. The van der Waals surface area contributed by atoms with E-state index in [0.29, 0.717) is 0 Å². The Balaban J connectivity index is 2.33. The number of carbonyl (C=O) groups is 3. The highest BCUT2D eigenvalue weighted by molar-refractivity contribution is 8.04. The molecule has 0 radical (unpaired) electrons. The van der Waals surface area contributed by atoms with Crippen molar-refractivity contribution in [1.82, 2.24) is 4.90 Å². The van der Waals surface area contributed by atoms with Crippen LogP contribution in [0.5, 0.6) is 0 Å². The van der Waals surface area contributed by atoms with Gasteiger partial charge in [0.25, 0.3) is 5.69 Å². The zero-order valence-electron chi connectivity index (χ0n) is 16.4.